The maximum absolute atomic E-state index is 10.9. The predicted octanol–water partition coefficient (Wildman–Crippen LogP) is 2.98. The molecule has 1 N–H and O–H groups in total. The van der Waals surface area contributed by atoms with Crippen molar-refractivity contribution in [3.8, 4) is 0 Å². The number of aromatic nitrogens is 2. The van der Waals surface area contributed by atoms with Gasteiger partial charge in [0.15, 0.2) is 0 Å². The van der Waals surface area contributed by atoms with Crippen molar-refractivity contribution in [1.82, 2.24) is 9.97 Å². The van der Waals surface area contributed by atoms with Gasteiger partial charge >= 0.3 is 5.69 Å². The van der Waals surface area contributed by atoms with Crippen LogP contribution < -0.4 is 5.32 Å². The minimum atomic E-state index is -0.571. The quantitative estimate of drug-likeness (QED) is 0.360. The summed E-state index contributed by atoms with van der Waals surface area (Å²) in [6, 6.07) is 0.0914. The molecule has 18 heavy (non-hydrogen) atoms. The lowest BCUT2D eigenvalue weighted by Crippen LogP contribution is -2.18. The zero-order valence-corrected chi connectivity index (χ0v) is 11.8. The summed E-state index contributed by atoms with van der Waals surface area (Å²) in [5, 5.41) is 13.7. The lowest BCUT2D eigenvalue weighted by atomic mass is 10.2. The van der Waals surface area contributed by atoms with Gasteiger partial charge in [-0.3, -0.25) is 10.1 Å². The first-order valence-electron chi connectivity index (χ1n) is 5.55. The molecule has 1 heterocycles. The monoisotopic (exact) mass is 290 g/mol. The highest BCUT2D eigenvalue weighted by molar-refractivity contribution is 7.99. The van der Waals surface area contributed by atoms with Crippen LogP contribution in [0.4, 0.5) is 11.5 Å². The van der Waals surface area contributed by atoms with Crippen molar-refractivity contribution in [2.45, 2.75) is 26.3 Å². The summed E-state index contributed by atoms with van der Waals surface area (Å²) in [5.74, 6) is 2.23. The van der Waals surface area contributed by atoms with Crippen LogP contribution >= 0.6 is 23.4 Å². The molecule has 1 atom stereocenters. The lowest BCUT2D eigenvalue weighted by molar-refractivity contribution is -0.384. The van der Waals surface area contributed by atoms with Gasteiger partial charge < -0.3 is 5.32 Å². The van der Waals surface area contributed by atoms with E-state index in [1.54, 1.807) is 0 Å². The summed E-state index contributed by atoms with van der Waals surface area (Å²) < 4.78 is 0. The number of anilines is 1. The number of nitrogens with zero attached hydrogens (tertiary/aromatic N) is 3. The second-order valence-corrected chi connectivity index (χ2v) is 5.40. The third-order valence-electron chi connectivity index (χ3n) is 2.24. The smallest absolute Gasteiger partial charge is 0.348 e. The van der Waals surface area contributed by atoms with E-state index in [4.69, 9.17) is 11.6 Å². The molecule has 6 nitrogen and oxygen atoms in total. The van der Waals surface area contributed by atoms with Gasteiger partial charge in [0.2, 0.25) is 11.0 Å². The molecule has 0 fully saturated rings. The van der Waals surface area contributed by atoms with Crippen molar-refractivity contribution in [2.75, 3.05) is 16.8 Å². The molecule has 0 aliphatic heterocycles. The second kappa shape index (κ2) is 7.38. The molecule has 0 radical (unpaired) electrons. The molecule has 1 aromatic rings. The Bertz CT molecular complexity index is 419. The van der Waals surface area contributed by atoms with E-state index in [9.17, 15) is 10.1 Å². The summed E-state index contributed by atoms with van der Waals surface area (Å²) in [4.78, 5) is 17.8. The average molecular weight is 291 g/mol. The van der Waals surface area contributed by atoms with E-state index in [0.29, 0.717) is 0 Å². The molecular weight excluding hydrogens is 276 g/mol. The topological polar surface area (TPSA) is 81.0 Å². The van der Waals surface area contributed by atoms with Crippen LogP contribution in [0, 0.1) is 10.1 Å². The van der Waals surface area contributed by atoms with Gasteiger partial charge in [-0.2, -0.15) is 11.8 Å². The predicted molar refractivity (Wildman–Crippen MR) is 74.4 cm³/mol. The van der Waals surface area contributed by atoms with E-state index in [-0.39, 0.29) is 22.7 Å². The Hall–Kier alpha value is -1.08. The summed E-state index contributed by atoms with van der Waals surface area (Å²) in [7, 11) is 0. The molecule has 0 spiro atoms. The molecule has 0 saturated carbocycles. The molecule has 0 aliphatic carbocycles. The van der Waals surface area contributed by atoms with E-state index in [0.717, 1.165) is 17.9 Å². The number of nitrogens with one attached hydrogen (secondary N) is 1. The highest BCUT2D eigenvalue weighted by Crippen LogP contribution is 2.28. The van der Waals surface area contributed by atoms with Gasteiger partial charge in [0, 0.05) is 6.04 Å². The number of rotatable bonds is 7. The van der Waals surface area contributed by atoms with Crippen molar-refractivity contribution in [2.24, 2.45) is 0 Å². The van der Waals surface area contributed by atoms with Gasteiger partial charge in [0.05, 0.1) is 4.92 Å². The molecule has 0 amide bonds. The fraction of sp³-hybridized carbons (Fsp3) is 0.600. The minimum absolute atomic E-state index is 0.0914. The van der Waals surface area contributed by atoms with E-state index in [2.05, 4.69) is 22.2 Å². The summed E-state index contributed by atoms with van der Waals surface area (Å²) in [6.45, 7) is 4.05. The Balaban J connectivity index is 2.72. The van der Waals surface area contributed by atoms with Crippen LogP contribution in [0.15, 0.2) is 6.33 Å². The van der Waals surface area contributed by atoms with Crippen LogP contribution in [0.2, 0.25) is 5.15 Å². The molecule has 1 aromatic heterocycles. The van der Waals surface area contributed by atoms with Gasteiger partial charge in [-0.25, -0.2) is 9.97 Å². The SMILES string of the molecule is CCSCCC(C)Nc1ncnc(Cl)c1[N+](=O)[O-]. The number of thioether (sulfide) groups is 1. The van der Waals surface area contributed by atoms with Gasteiger partial charge in [0.25, 0.3) is 0 Å². The first kappa shape index (κ1) is 15.0. The molecule has 0 saturated heterocycles. The van der Waals surface area contributed by atoms with Crippen LogP contribution in [0.25, 0.3) is 0 Å². The van der Waals surface area contributed by atoms with E-state index >= 15 is 0 Å². The first-order valence-corrected chi connectivity index (χ1v) is 7.08. The van der Waals surface area contributed by atoms with E-state index in [1.807, 2.05) is 18.7 Å². The highest BCUT2D eigenvalue weighted by atomic mass is 35.5. The van der Waals surface area contributed by atoms with Crippen LogP contribution in [-0.4, -0.2) is 32.4 Å². The highest BCUT2D eigenvalue weighted by Gasteiger charge is 2.22. The fourth-order valence-corrected chi connectivity index (χ4v) is 2.35. The zero-order chi connectivity index (χ0) is 13.5. The third kappa shape index (κ3) is 4.30. The molecule has 0 aliphatic rings. The molecule has 100 valence electrons. The first-order chi connectivity index (χ1) is 8.56. The van der Waals surface area contributed by atoms with Crippen LogP contribution in [0.5, 0.6) is 0 Å². The van der Waals surface area contributed by atoms with E-state index < -0.39 is 4.92 Å². The average Bonchev–Trinajstić information content (AvgIpc) is 2.28. The zero-order valence-electron chi connectivity index (χ0n) is 10.2. The van der Waals surface area contributed by atoms with Crippen molar-refractivity contribution in [3.05, 3.63) is 21.6 Å². The standard InChI is InChI=1S/C10H15ClN4O2S/c1-3-18-5-4-7(2)14-10-8(15(16)17)9(11)12-6-13-10/h6-7H,3-5H2,1-2H3,(H,12,13,14). The van der Waals surface area contributed by atoms with Crippen LogP contribution in [0.1, 0.15) is 20.3 Å². The second-order valence-electron chi connectivity index (χ2n) is 3.65. The largest absolute Gasteiger partial charge is 0.362 e. The number of halogens is 1. The summed E-state index contributed by atoms with van der Waals surface area (Å²) in [5.41, 5.74) is -0.269. The van der Waals surface area contributed by atoms with E-state index in [1.165, 1.54) is 6.33 Å². The Kier molecular flexibility index (Phi) is 6.14. The van der Waals surface area contributed by atoms with Crippen LogP contribution in [0.3, 0.4) is 0 Å². The number of hydrogen-bond donors (Lipinski definition) is 1. The summed E-state index contributed by atoms with van der Waals surface area (Å²) >= 11 is 7.53. The number of nitro groups is 1. The Morgan fingerprint density at radius 3 is 2.94 bits per heavy atom. The van der Waals surface area contributed by atoms with Crippen molar-refractivity contribution in [1.29, 1.82) is 0 Å². The minimum Gasteiger partial charge on any atom is -0.362 e. The lowest BCUT2D eigenvalue weighted by Gasteiger charge is -2.13. The Morgan fingerprint density at radius 2 is 2.33 bits per heavy atom. The fourth-order valence-electron chi connectivity index (χ4n) is 1.33. The summed E-state index contributed by atoms with van der Waals surface area (Å²) in [6.07, 6.45) is 2.11. The van der Waals surface area contributed by atoms with Crippen molar-refractivity contribution in [3.63, 3.8) is 0 Å². The maximum atomic E-state index is 10.9. The van der Waals surface area contributed by atoms with Gasteiger partial charge in [-0.15, -0.1) is 0 Å². The molecule has 1 unspecified atom stereocenters. The number of hydrogen-bond acceptors (Lipinski definition) is 6. The third-order valence-corrected chi connectivity index (χ3v) is 3.45. The van der Waals surface area contributed by atoms with Gasteiger partial charge in [-0.05, 0) is 24.9 Å². The van der Waals surface area contributed by atoms with Crippen molar-refractivity contribution < 1.29 is 4.92 Å². The van der Waals surface area contributed by atoms with Gasteiger partial charge in [0.1, 0.15) is 6.33 Å². The molecular formula is C10H15ClN4O2S. The maximum Gasteiger partial charge on any atom is 0.348 e. The normalized spacial score (nSPS) is 12.2. The molecule has 1 rings (SSSR count). The Labute approximate surface area is 115 Å². The van der Waals surface area contributed by atoms with Crippen molar-refractivity contribution >= 4 is 34.9 Å². The van der Waals surface area contributed by atoms with Crippen LogP contribution in [-0.2, 0) is 0 Å². The molecule has 8 heteroatoms. The molecule has 0 bridgehead atoms. The van der Waals surface area contributed by atoms with Gasteiger partial charge in [-0.1, -0.05) is 18.5 Å². The Morgan fingerprint density at radius 1 is 1.61 bits per heavy atom. The molecule has 0 aromatic carbocycles.